The van der Waals surface area contributed by atoms with Gasteiger partial charge in [-0.1, -0.05) is 0 Å². The highest BCUT2D eigenvalue weighted by Gasteiger charge is 2.40. The van der Waals surface area contributed by atoms with Crippen LogP contribution in [0.3, 0.4) is 0 Å². The van der Waals surface area contributed by atoms with Gasteiger partial charge in [0.2, 0.25) is 0 Å². The van der Waals surface area contributed by atoms with Crippen molar-refractivity contribution in [3.05, 3.63) is 71.6 Å². The minimum absolute atomic E-state index is 0.0523. The topological polar surface area (TPSA) is 120 Å². The Morgan fingerprint density at radius 1 is 1.10 bits per heavy atom. The van der Waals surface area contributed by atoms with Crippen molar-refractivity contribution < 1.29 is 35.2 Å². The van der Waals surface area contributed by atoms with E-state index in [9.17, 15) is 30.8 Å². The van der Waals surface area contributed by atoms with Gasteiger partial charge in [-0.05, 0) is 69.4 Å². The number of fused-ring (bicyclic) bond motifs is 1. The predicted molar refractivity (Wildman–Crippen MR) is 140 cm³/mol. The number of carbonyl (C=O) groups excluding carboxylic acids is 1. The third-order valence-corrected chi connectivity index (χ3v) is 8.53. The van der Waals surface area contributed by atoms with Gasteiger partial charge in [-0.3, -0.25) is 9.52 Å². The normalized spacial score (nSPS) is 20.9. The van der Waals surface area contributed by atoms with Crippen molar-refractivity contribution in [3.63, 3.8) is 0 Å². The highest BCUT2D eigenvalue weighted by Crippen LogP contribution is 2.36. The maximum atomic E-state index is 15.7. The van der Waals surface area contributed by atoms with Crippen molar-refractivity contribution in [2.24, 2.45) is 5.92 Å². The van der Waals surface area contributed by atoms with E-state index >= 15 is 4.39 Å². The van der Waals surface area contributed by atoms with Gasteiger partial charge in [0.15, 0.2) is 12.0 Å². The van der Waals surface area contributed by atoms with Crippen molar-refractivity contribution in [2.75, 3.05) is 25.5 Å². The fourth-order valence-corrected chi connectivity index (χ4v) is 5.95. The summed E-state index contributed by atoms with van der Waals surface area (Å²) in [5.74, 6) is -3.81. The first-order valence-corrected chi connectivity index (χ1v) is 14.1. The van der Waals surface area contributed by atoms with Gasteiger partial charge < -0.3 is 15.2 Å². The standard InChI is InChI=1S/C26H25F5N6O3S/c1-37-10-8-15(9-11-37)35-25-20-17(12-32-24(20)33-13-34-25)23(38)21-18(27)6-7-19(22(21)28)36-41(39,40)16-4-2-14(3-5-16)26(29,30)31/h2-7,12-13,15,21-22,36H,8-11H2,1H3,(H2,32,33,34,35). The third-order valence-electron chi connectivity index (χ3n) is 7.13. The van der Waals surface area contributed by atoms with Gasteiger partial charge in [0.25, 0.3) is 10.0 Å². The van der Waals surface area contributed by atoms with Crippen molar-refractivity contribution in [1.29, 1.82) is 0 Å². The number of carbonyl (C=O) groups is 1. The average Bonchev–Trinajstić information content (AvgIpc) is 3.36. The first-order chi connectivity index (χ1) is 19.3. The van der Waals surface area contributed by atoms with Gasteiger partial charge in [0.1, 0.15) is 29.5 Å². The Hall–Kier alpha value is -3.85. The number of nitrogens with zero attached hydrogens (tertiary/aromatic N) is 3. The van der Waals surface area contributed by atoms with Crippen LogP contribution < -0.4 is 10.0 Å². The molecule has 218 valence electrons. The molecule has 1 aliphatic carbocycles. The van der Waals surface area contributed by atoms with Crippen molar-refractivity contribution >= 4 is 32.7 Å². The summed E-state index contributed by atoms with van der Waals surface area (Å²) in [6, 6.07) is 2.62. The van der Waals surface area contributed by atoms with Gasteiger partial charge in [-0.25, -0.2) is 27.2 Å². The molecule has 1 fully saturated rings. The quantitative estimate of drug-likeness (QED) is 0.274. The van der Waals surface area contributed by atoms with E-state index in [-0.39, 0.29) is 22.6 Å². The van der Waals surface area contributed by atoms with Crippen LogP contribution in [0.2, 0.25) is 0 Å². The molecule has 41 heavy (non-hydrogen) atoms. The number of aromatic amines is 1. The van der Waals surface area contributed by atoms with Gasteiger partial charge in [-0.15, -0.1) is 0 Å². The molecule has 3 aromatic rings. The molecule has 2 aromatic heterocycles. The number of hydrogen-bond donors (Lipinski definition) is 3. The van der Waals surface area contributed by atoms with Crippen LogP contribution in [0.4, 0.5) is 27.8 Å². The minimum atomic E-state index is -4.68. The molecule has 3 heterocycles. The second kappa shape index (κ2) is 10.9. The molecule has 3 N–H and O–H groups in total. The zero-order chi connectivity index (χ0) is 29.5. The SMILES string of the molecule is CN1CCC(Nc2ncnc3[nH]cc(C(=O)C4C(F)=CC=C(NS(=O)(=O)c5ccc(C(F)(F)F)cc5)C4F)c23)CC1. The smallest absolute Gasteiger partial charge is 0.367 e. The number of piperidine rings is 1. The zero-order valence-electron chi connectivity index (χ0n) is 21.5. The number of ketones is 1. The molecule has 5 rings (SSSR count). The number of anilines is 1. The molecular weight excluding hydrogens is 571 g/mol. The number of Topliss-reactive ketones (excluding diaryl/α,β-unsaturated/α-hetero) is 1. The molecule has 1 aromatic carbocycles. The second-order valence-electron chi connectivity index (χ2n) is 9.92. The molecule has 1 saturated heterocycles. The summed E-state index contributed by atoms with van der Waals surface area (Å²) in [5.41, 5.74) is -1.53. The highest BCUT2D eigenvalue weighted by atomic mass is 32.2. The number of alkyl halides is 4. The molecular formula is C26H25F5N6O3S. The Morgan fingerprint density at radius 3 is 2.44 bits per heavy atom. The van der Waals surface area contributed by atoms with Crippen LogP contribution in [-0.4, -0.2) is 66.4 Å². The summed E-state index contributed by atoms with van der Waals surface area (Å²) in [5, 5.41) is 3.54. The summed E-state index contributed by atoms with van der Waals surface area (Å²) in [6.45, 7) is 1.70. The largest absolute Gasteiger partial charge is 0.416 e. The number of rotatable bonds is 7. The van der Waals surface area contributed by atoms with Crippen LogP contribution in [0.5, 0.6) is 0 Å². The number of nitrogens with one attached hydrogen (secondary N) is 3. The van der Waals surface area contributed by atoms with E-state index in [1.54, 1.807) is 0 Å². The maximum absolute atomic E-state index is 15.7. The molecule has 0 radical (unpaired) electrons. The Balaban J connectivity index is 1.39. The molecule has 0 saturated carbocycles. The van der Waals surface area contributed by atoms with E-state index < -0.39 is 56.1 Å². The van der Waals surface area contributed by atoms with Crippen LogP contribution in [-0.2, 0) is 16.2 Å². The van der Waals surface area contributed by atoms with Crippen LogP contribution in [0.25, 0.3) is 11.0 Å². The lowest BCUT2D eigenvalue weighted by molar-refractivity contribution is -0.137. The van der Waals surface area contributed by atoms with E-state index in [1.165, 1.54) is 12.5 Å². The van der Waals surface area contributed by atoms with Crippen molar-refractivity contribution in [3.8, 4) is 0 Å². The molecule has 2 aliphatic rings. The number of sulfonamides is 1. The molecule has 0 spiro atoms. The van der Waals surface area contributed by atoms with Gasteiger partial charge >= 0.3 is 6.18 Å². The number of halogens is 5. The van der Waals surface area contributed by atoms with Crippen molar-refractivity contribution in [1.82, 2.24) is 24.6 Å². The number of benzene rings is 1. The fraction of sp³-hybridized carbons (Fsp3) is 0.346. The zero-order valence-corrected chi connectivity index (χ0v) is 22.4. The number of hydrogen-bond acceptors (Lipinski definition) is 7. The minimum Gasteiger partial charge on any atom is -0.367 e. The average molecular weight is 597 g/mol. The van der Waals surface area contributed by atoms with Crippen LogP contribution in [0.1, 0.15) is 28.8 Å². The lowest BCUT2D eigenvalue weighted by Crippen LogP contribution is -2.37. The van der Waals surface area contributed by atoms with E-state index in [4.69, 9.17) is 0 Å². The van der Waals surface area contributed by atoms with Crippen LogP contribution in [0, 0.1) is 5.92 Å². The maximum Gasteiger partial charge on any atom is 0.416 e. The molecule has 15 heteroatoms. The molecule has 9 nitrogen and oxygen atoms in total. The number of likely N-dealkylation sites (tertiary alicyclic amines) is 1. The van der Waals surface area contributed by atoms with Gasteiger partial charge in [0, 0.05) is 17.8 Å². The molecule has 1 aliphatic heterocycles. The van der Waals surface area contributed by atoms with E-state index in [2.05, 4.69) is 25.2 Å². The highest BCUT2D eigenvalue weighted by molar-refractivity contribution is 7.89. The fourth-order valence-electron chi connectivity index (χ4n) is 4.85. The Bertz CT molecular complexity index is 1630. The van der Waals surface area contributed by atoms with Crippen LogP contribution in [0.15, 0.2) is 65.4 Å². The lowest BCUT2D eigenvalue weighted by atomic mass is 9.87. The molecule has 0 bridgehead atoms. The van der Waals surface area contributed by atoms with Crippen molar-refractivity contribution in [2.45, 2.75) is 36.1 Å². The summed E-state index contributed by atoms with van der Waals surface area (Å²) in [4.78, 5) is 26.3. The number of aromatic nitrogens is 3. The van der Waals surface area contributed by atoms with E-state index in [0.29, 0.717) is 30.1 Å². The summed E-state index contributed by atoms with van der Waals surface area (Å²) >= 11 is 0. The summed E-state index contributed by atoms with van der Waals surface area (Å²) in [6.07, 6.45) is -1.34. The third kappa shape index (κ3) is 5.81. The van der Waals surface area contributed by atoms with Crippen LogP contribution >= 0.6 is 0 Å². The second-order valence-corrected chi connectivity index (χ2v) is 11.6. The Kier molecular flexibility index (Phi) is 7.59. The summed E-state index contributed by atoms with van der Waals surface area (Å²) in [7, 11) is -2.56. The van der Waals surface area contributed by atoms with Gasteiger partial charge in [0.05, 0.1) is 21.5 Å². The first-order valence-electron chi connectivity index (χ1n) is 12.6. The Morgan fingerprint density at radius 2 is 1.78 bits per heavy atom. The van der Waals surface area contributed by atoms with E-state index in [1.807, 2.05) is 11.8 Å². The molecule has 2 atom stereocenters. The summed E-state index contributed by atoms with van der Waals surface area (Å²) < 4.78 is 96.7. The predicted octanol–water partition coefficient (Wildman–Crippen LogP) is 4.35. The lowest BCUT2D eigenvalue weighted by Gasteiger charge is -2.30. The monoisotopic (exact) mass is 596 g/mol. The van der Waals surface area contributed by atoms with E-state index in [0.717, 1.165) is 38.1 Å². The van der Waals surface area contributed by atoms with Gasteiger partial charge in [-0.2, -0.15) is 13.2 Å². The molecule has 2 unspecified atom stereocenters. The molecule has 0 amide bonds. The Labute approximate surface area is 231 Å². The number of H-pyrrole nitrogens is 1. The number of allylic oxidation sites excluding steroid dienone is 4. The first kappa shape index (κ1) is 28.7.